The van der Waals surface area contributed by atoms with Crippen molar-refractivity contribution in [3.63, 3.8) is 0 Å². The van der Waals surface area contributed by atoms with Crippen LogP contribution in [0.15, 0.2) is 0 Å². The molecule has 4 fully saturated rings. The van der Waals surface area contributed by atoms with Gasteiger partial charge in [0.15, 0.2) is 0 Å². The summed E-state index contributed by atoms with van der Waals surface area (Å²) in [6.45, 7) is 5.26. The number of nitrogens with zero attached hydrogens (tertiary/aromatic N) is 3. The summed E-state index contributed by atoms with van der Waals surface area (Å²) < 4.78 is 0. The molecule has 4 aliphatic rings. The molecule has 5 heteroatoms. The van der Waals surface area contributed by atoms with Gasteiger partial charge in [0.05, 0.1) is 6.04 Å². The van der Waals surface area contributed by atoms with Crippen LogP contribution in [0.2, 0.25) is 0 Å². The molecule has 2 aliphatic heterocycles. The molecule has 0 aromatic rings. The molecule has 2 heterocycles. The lowest BCUT2D eigenvalue weighted by Gasteiger charge is -2.44. The highest BCUT2D eigenvalue weighted by Crippen LogP contribution is 2.33. The van der Waals surface area contributed by atoms with E-state index in [2.05, 4.69) is 14.7 Å². The third kappa shape index (κ3) is 3.78. The van der Waals surface area contributed by atoms with E-state index in [1.54, 1.807) is 0 Å². The first-order valence-corrected chi connectivity index (χ1v) is 11.1. The van der Waals surface area contributed by atoms with Crippen LogP contribution in [0.5, 0.6) is 0 Å². The zero-order valence-electron chi connectivity index (χ0n) is 16.2. The molecule has 0 radical (unpaired) electrons. The van der Waals surface area contributed by atoms with Crippen LogP contribution in [-0.4, -0.2) is 71.8 Å². The van der Waals surface area contributed by atoms with Crippen molar-refractivity contribution >= 4 is 11.8 Å². The Bertz CT molecular complexity index is 499. The van der Waals surface area contributed by atoms with Crippen molar-refractivity contribution in [2.75, 3.05) is 39.3 Å². The second-order valence-corrected chi connectivity index (χ2v) is 8.86. The molecule has 0 unspecified atom stereocenters. The van der Waals surface area contributed by atoms with Gasteiger partial charge in [0.25, 0.3) is 0 Å². The number of piperazine rings is 1. The van der Waals surface area contributed by atoms with Gasteiger partial charge in [-0.3, -0.25) is 14.5 Å². The van der Waals surface area contributed by atoms with Crippen molar-refractivity contribution in [1.82, 2.24) is 14.7 Å². The van der Waals surface area contributed by atoms with Crippen molar-refractivity contribution in [3.05, 3.63) is 0 Å². The summed E-state index contributed by atoms with van der Waals surface area (Å²) in [6.07, 6.45) is 11.9. The van der Waals surface area contributed by atoms with Crippen LogP contribution < -0.4 is 0 Å². The molecule has 0 N–H and O–H groups in total. The number of rotatable bonds is 4. The summed E-state index contributed by atoms with van der Waals surface area (Å²) in [5.41, 5.74) is 0. The molecule has 26 heavy (non-hydrogen) atoms. The molecule has 2 saturated carbocycles. The molecule has 0 aromatic heterocycles. The van der Waals surface area contributed by atoms with Gasteiger partial charge in [-0.2, -0.15) is 0 Å². The highest BCUT2D eigenvalue weighted by molar-refractivity contribution is 5.83. The average molecular weight is 362 g/mol. The predicted molar refractivity (Wildman–Crippen MR) is 102 cm³/mol. The van der Waals surface area contributed by atoms with Gasteiger partial charge in [0, 0.05) is 45.2 Å². The van der Waals surface area contributed by atoms with E-state index in [4.69, 9.17) is 0 Å². The van der Waals surface area contributed by atoms with E-state index in [0.29, 0.717) is 23.7 Å². The maximum atomic E-state index is 13.4. The molecule has 2 aliphatic carbocycles. The van der Waals surface area contributed by atoms with Crippen LogP contribution in [-0.2, 0) is 9.59 Å². The fourth-order valence-electron chi connectivity index (χ4n) is 5.36. The lowest BCUT2D eigenvalue weighted by atomic mass is 9.84. The highest BCUT2D eigenvalue weighted by Gasteiger charge is 2.40. The van der Waals surface area contributed by atoms with Crippen molar-refractivity contribution in [3.8, 4) is 0 Å². The first-order valence-electron chi connectivity index (χ1n) is 11.1. The number of piperidine rings is 1. The Kier molecular flexibility index (Phi) is 5.82. The van der Waals surface area contributed by atoms with Crippen LogP contribution in [0.4, 0.5) is 0 Å². The van der Waals surface area contributed by atoms with Gasteiger partial charge in [-0.05, 0) is 50.9 Å². The molecule has 0 spiro atoms. The van der Waals surface area contributed by atoms with Gasteiger partial charge < -0.3 is 9.80 Å². The Labute approximate surface area is 158 Å². The SMILES string of the molecule is O=C(C1CCC1)N1CCN([C@H](C(=O)N2CCCCC2)C2CCCC2)CC1. The molecule has 2 saturated heterocycles. The summed E-state index contributed by atoms with van der Waals surface area (Å²) in [7, 11) is 0. The number of carbonyl (C=O) groups is 2. The normalized spacial score (nSPS) is 27.4. The third-order valence-electron chi connectivity index (χ3n) is 7.24. The van der Waals surface area contributed by atoms with E-state index < -0.39 is 0 Å². The largest absolute Gasteiger partial charge is 0.341 e. The fraction of sp³-hybridized carbons (Fsp3) is 0.905. The Morgan fingerprint density at radius 2 is 1.31 bits per heavy atom. The summed E-state index contributed by atoms with van der Waals surface area (Å²) in [6, 6.07) is 0.0663. The molecule has 0 aromatic carbocycles. The van der Waals surface area contributed by atoms with Gasteiger partial charge in [0.2, 0.25) is 11.8 Å². The highest BCUT2D eigenvalue weighted by atomic mass is 16.2. The predicted octanol–water partition coefficient (Wildman–Crippen LogP) is 2.50. The summed E-state index contributed by atoms with van der Waals surface area (Å²) in [5.74, 6) is 1.58. The molecule has 1 atom stereocenters. The van der Waals surface area contributed by atoms with Gasteiger partial charge in [-0.1, -0.05) is 19.3 Å². The van der Waals surface area contributed by atoms with Gasteiger partial charge >= 0.3 is 0 Å². The van der Waals surface area contributed by atoms with Crippen molar-refractivity contribution < 1.29 is 9.59 Å². The maximum absolute atomic E-state index is 13.4. The Balaban J connectivity index is 1.39. The quantitative estimate of drug-likeness (QED) is 0.773. The number of hydrogen-bond acceptors (Lipinski definition) is 3. The van der Waals surface area contributed by atoms with Crippen molar-refractivity contribution in [2.45, 2.75) is 70.3 Å². The monoisotopic (exact) mass is 361 g/mol. The first-order chi connectivity index (χ1) is 12.7. The number of likely N-dealkylation sites (tertiary alicyclic amines) is 1. The minimum absolute atomic E-state index is 0.0663. The molecule has 4 rings (SSSR count). The molecule has 0 bridgehead atoms. The standard InChI is InChI=1S/C21H35N3O2/c25-20(18-9-6-10-18)24-15-13-22(14-16-24)19(17-7-2-3-8-17)21(26)23-11-4-1-5-12-23/h17-19H,1-16H2/t19-/m0/s1. The molecular formula is C21H35N3O2. The van der Waals surface area contributed by atoms with Gasteiger partial charge in [0.1, 0.15) is 0 Å². The Morgan fingerprint density at radius 3 is 1.88 bits per heavy atom. The molecule has 2 amide bonds. The molecule has 5 nitrogen and oxygen atoms in total. The third-order valence-corrected chi connectivity index (χ3v) is 7.24. The summed E-state index contributed by atoms with van der Waals surface area (Å²) >= 11 is 0. The van der Waals surface area contributed by atoms with E-state index in [9.17, 15) is 9.59 Å². The number of hydrogen-bond donors (Lipinski definition) is 0. The van der Waals surface area contributed by atoms with E-state index in [0.717, 1.165) is 65.0 Å². The van der Waals surface area contributed by atoms with E-state index in [1.807, 2.05) is 0 Å². The first kappa shape index (κ1) is 18.3. The minimum Gasteiger partial charge on any atom is -0.341 e. The van der Waals surface area contributed by atoms with Gasteiger partial charge in [-0.15, -0.1) is 0 Å². The molecular weight excluding hydrogens is 326 g/mol. The topological polar surface area (TPSA) is 43.9 Å². The summed E-state index contributed by atoms with van der Waals surface area (Å²) in [5, 5.41) is 0. The van der Waals surface area contributed by atoms with Crippen molar-refractivity contribution in [2.24, 2.45) is 11.8 Å². The average Bonchev–Trinajstić information content (AvgIpc) is 3.16. The van der Waals surface area contributed by atoms with Gasteiger partial charge in [-0.25, -0.2) is 0 Å². The van der Waals surface area contributed by atoms with E-state index in [1.165, 1.54) is 38.5 Å². The second-order valence-electron chi connectivity index (χ2n) is 8.86. The Morgan fingerprint density at radius 1 is 0.654 bits per heavy atom. The van der Waals surface area contributed by atoms with Crippen LogP contribution in [0.1, 0.15) is 64.2 Å². The second kappa shape index (κ2) is 8.28. The fourth-order valence-corrected chi connectivity index (χ4v) is 5.36. The zero-order valence-corrected chi connectivity index (χ0v) is 16.2. The Hall–Kier alpha value is -1.10. The summed E-state index contributed by atoms with van der Waals surface area (Å²) in [4.78, 5) is 32.5. The maximum Gasteiger partial charge on any atom is 0.240 e. The lowest BCUT2D eigenvalue weighted by Crippen LogP contribution is -2.59. The van der Waals surface area contributed by atoms with Crippen LogP contribution in [0.3, 0.4) is 0 Å². The zero-order chi connectivity index (χ0) is 17.9. The minimum atomic E-state index is 0.0663. The van der Waals surface area contributed by atoms with Crippen LogP contribution in [0.25, 0.3) is 0 Å². The van der Waals surface area contributed by atoms with Crippen LogP contribution in [0, 0.1) is 11.8 Å². The van der Waals surface area contributed by atoms with Crippen molar-refractivity contribution in [1.29, 1.82) is 0 Å². The molecule has 146 valence electrons. The van der Waals surface area contributed by atoms with E-state index in [-0.39, 0.29) is 6.04 Å². The number of carbonyl (C=O) groups excluding carboxylic acids is 2. The lowest BCUT2D eigenvalue weighted by molar-refractivity contribution is -0.144. The van der Waals surface area contributed by atoms with E-state index >= 15 is 0 Å². The number of amides is 2. The smallest absolute Gasteiger partial charge is 0.240 e. The van der Waals surface area contributed by atoms with Crippen LogP contribution >= 0.6 is 0 Å².